The third kappa shape index (κ3) is 3.04. The highest BCUT2D eigenvalue weighted by atomic mass is 16.2. The molecule has 0 aliphatic carbocycles. The van der Waals surface area contributed by atoms with Crippen LogP contribution >= 0.6 is 0 Å². The summed E-state index contributed by atoms with van der Waals surface area (Å²) in [7, 11) is 4.22. The van der Waals surface area contributed by atoms with Crippen molar-refractivity contribution in [2.24, 2.45) is 5.92 Å². The third-order valence-corrected chi connectivity index (χ3v) is 4.41. The van der Waals surface area contributed by atoms with Gasteiger partial charge in [0, 0.05) is 19.1 Å². The second-order valence-electron chi connectivity index (χ2n) is 6.11. The summed E-state index contributed by atoms with van der Waals surface area (Å²) in [5.74, 6) is 0.905. The maximum atomic E-state index is 12.5. The molecule has 0 aromatic heterocycles. The summed E-state index contributed by atoms with van der Waals surface area (Å²) >= 11 is 0. The minimum Gasteiger partial charge on any atom is -0.339 e. The van der Waals surface area contributed by atoms with Crippen molar-refractivity contribution in [2.45, 2.75) is 44.7 Å². The lowest BCUT2D eigenvalue weighted by molar-refractivity contribution is -0.132. The molecular weight excluding hydrogens is 226 g/mol. The zero-order valence-electron chi connectivity index (χ0n) is 12.0. The summed E-state index contributed by atoms with van der Waals surface area (Å²) < 4.78 is 0. The van der Waals surface area contributed by atoms with Gasteiger partial charge in [-0.2, -0.15) is 0 Å². The summed E-state index contributed by atoms with van der Waals surface area (Å²) in [6.45, 7) is 5.06. The van der Waals surface area contributed by atoms with Crippen LogP contribution in [0.4, 0.5) is 0 Å². The normalized spacial score (nSPS) is 33.8. The van der Waals surface area contributed by atoms with Gasteiger partial charge >= 0.3 is 0 Å². The van der Waals surface area contributed by atoms with Gasteiger partial charge in [-0.1, -0.05) is 19.8 Å². The summed E-state index contributed by atoms with van der Waals surface area (Å²) in [4.78, 5) is 16.8. The monoisotopic (exact) mass is 253 g/mol. The molecular formula is C14H27N3O. The van der Waals surface area contributed by atoms with Crippen LogP contribution in [0.25, 0.3) is 0 Å². The SMILES string of the molecule is CC1CN(C(=O)C2CCCCCN2)CC1N(C)C. The Hall–Kier alpha value is -0.610. The molecule has 0 aromatic carbocycles. The number of nitrogens with zero attached hydrogens (tertiary/aromatic N) is 2. The minimum absolute atomic E-state index is 0.0700. The van der Waals surface area contributed by atoms with E-state index in [1.54, 1.807) is 0 Å². The largest absolute Gasteiger partial charge is 0.339 e. The van der Waals surface area contributed by atoms with Crippen molar-refractivity contribution in [1.29, 1.82) is 0 Å². The quantitative estimate of drug-likeness (QED) is 0.795. The number of nitrogens with one attached hydrogen (secondary N) is 1. The lowest BCUT2D eigenvalue weighted by Crippen LogP contribution is -2.46. The average molecular weight is 253 g/mol. The van der Waals surface area contributed by atoms with E-state index in [1.165, 1.54) is 19.3 Å². The predicted molar refractivity (Wildman–Crippen MR) is 73.5 cm³/mol. The molecule has 4 nitrogen and oxygen atoms in total. The Labute approximate surface area is 111 Å². The number of hydrogen-bond acceptors (Lipinski definition) is 3. The van der Waals surface area contributed by atoms with Crippen LogP contribution < -0.4 is 5.32 Å². The molecule has 2 heterocycles. The molecule has 0 radical (unpaired) electrons. The first-order valence-electron chi connectivity index (χ1n) is 7.28. The van der Waals surface area contributed by atoms with E-state index in [0.717, 1.165) is 26.1 Å². The van der Waals surface area contributed by atoms with E-state index in [4.69, 9.17) is 0 Å². The molecule has 18 heavy (non-hydrogen) atoms. The Kier molecular flexibility index (Phi) is 4.62. The third-order valence-electron chi connectivity index (χ3n) is 4.41. The van der Waals surface area contributed by atoms with Gasteiger partial charge in [0.25, 0.3) is 0 Å². The maximum Gasteiger partial charge on any atom is 0.239 e. The van der Waals surface area contributed by atoms with Gasteiger partial charge in [0.15, 0.2) is 0 Å². The average Bonchev–Trinajstić information content (AvgIpc) is 2.56. The van der Waals surface area contributed by atoms with Crippen molar-refractivity contribution in [3.05, 3.63) is 0 Å². The number of rotatable bonds is 2. The fourth-order valence-electron chi connectivity index (χ4n) is 3.26. The number of likely N-dealkylation sites (tertiary alicyclic amines) is 1. The van der Waals surface area contributed by atoms with Crippen LogP contribution in [0.5, 0.6) is 0 Å². The van der Waals surface area contributed by atoms with Gasteiger partial charge in [-0.25, -0.2) is 0 Å². The molecule has 2 aliphatic heterocycles. The molecule has 0 aromatic rings. The number of likely N-dealkylation sites (N-methyl/N-ethyl adjacent to an activating group) is 1. The molecule has 0 bridgehead atoms. The van der Waals surface area contributed by atoms with E-state index >= 15 is 0 Å². The molecule has 2 aliphatic rings. The van der Waals surface area contributed by atoms with Crippen molar-refractivity contribution in [3.63, 3.8) is 0 Å². The number of amides is 1. The summed E-state index contributed by atoms with van der Waals surface area (Å²) in [5, 5.41) is 3.41. The van der Waals surface area contributed by atoms with Gasteiger partial charge in [0.1, 0.15) is 0 Å². The number of hydrogen-bond donors (Lipinski definition) is 1. The van der Waals surface area contributed by atoms with Gasteiger partial charge in [-0.05, 0) is 39.4 Å². The van der Waals surface area contributed by atoms with Crippen LogP contribution in [0, 0.1) is 5.92 Å². The summed E-state index contributed by atoms with van der Waals surface area (Å²) in [6, 6.07) is 0.584. The lowest BCUT2D eigenvalue weighted by atomic mass is 10.1. The topological polar surface area (TPSA) is 35.6 Å². The standard InChI is InChI=1S/C14H27N3O/c1-11-9-17(10-13(11)16(2)3)14(18)12-7-5-4-6-8-15-12/h11-13,15H,4-10H2,1-3H3. The van der Waals surface area contributed by atoms with Gasteiger partial charge in [0.05, 0.1) is 6.04 Å². The highest BCUT2D eigenvalue weighted by Gasteiger charge is 2.36. The van der Waals surface area contributed by atoms with Crippen LogP contribution in [0.2, 0.25) is 0 Å². The molecule has 1 N–H and O–H groups in total. The molecule has 2 fully saturated rings. The van der Waals surface area contributed by atoms with Gasteiger partial charge in [-0.3, -0.25) is 4.79 Å². The molecule has 3 unspecified atom stereocenters. The van der Waals surface area contributed by atoms with Crippen LogP contribution in [0.15, 0.2) is 0 Å². The highest BCUT2D eigenvalue weighted by Crippen LogP contribution is 2.22. The second kappa shape index (κ2) is 6.02. The Morgan fingerprint density at radius 1 is 1.22 bits per heavy atom. The highest BCUT2D eigenvalue weighted by molar-refractivity contribution is 5.82. The smallest absolute Gasteiger partial charge is 0.239 e. The van der Waals surface area contributed by atoms with E-state index in [9.17, 15) is 4.79 Å². The lowest BCUT2D eigenvalue weighted by Gasteiger charge is -2.24. The van der Waals surface area contributed by atoms with Crippen LogP contribution in [0.3, 0.4) is 0 Å². The fourth-order valence-corrected chi connectivity index (χ4v) is 3.26. The first kappa shape index (κ1) is 13.8. The first-order valence-corrected chi connectivity index (χ1v) is 7.28. The first-order chi connectivity index (χ1) is 8.59. The molecule has 1 amide bonds. The van der Waals surface area contributed by atoms with Gasteiger partial charge in [-0.15, -0.1) is 0 Å². The molecule has 2 rings (SSSR count). The molecule has 104 valence electrons. The predicted octanol–water partition coefficient (Wildman–Crippen LogP) is 0.927. The van der Waals surface area contributed by atoms with Crippen molar-refractivity contribution in [3.8, 4) is 0 Å². The van der Waals surface area contributed by atoms with E-state index in [0.29, 0.717) is 17.9 Å². The van der Waals surface area contributed by atoms with Gasteiger partial charge in [0.2, 0.25) is 5.91 Å². The fraction of sp³-hybridized carbons (Fsp3) is 0.929. The van der Waals surface area contributed by atoms with E-state index in [2.05, 4.69) is 36.1 Å². The van der Waals surface area contributed by atoms with Crippen molar-refractivity contribution < 1.29 is 4.79 Å². The Bertz CT molecular complexity index is 285. The van der Waals surface area contributed by atoms with Crippen LogP contribution in [-0.2, 0) is 4.79 Å². The van der Waals surface area contributed by atoms with Crippen LogP contribution in [-0.4, -0.2) is 61.5 Å². The molecule has 3 atom stereocenters. The Balaban J connectivity index is 1.93. The van der Waals surface area contributed by atoms with E-state index < -0.39 is 0 Å². The van der Waals surface area contributed by atoms with E-state index in [-0.39, 0.29) is 6.04 Å². The maximum absolute atomic E-state index is 12.5. The molecule has 0 saturated carbocycles. The zero-order valence-corrected chi connectivity index (χ0v) is 12.0. The Morgan fingerprint density at radius 2 is 2.00 bits per heavy atom. The van der Waals surface area contributed by atoms with E-state index in [1.807, 2.05) is 0 Å². The molecule has 4 heteroatoms. The number of carbonyl (C=O) groups is 1. The molecule has 0 spiro atoms. The van der Waals surface area contributed by atoms with Crippen molar-refractivity contribution >= 4 is 5.91 Å². The Morgan fingerprint density at radius 3 is 2.67 bits per heavy atom. The summed E-state index contributed by atoms with van der Waals surface area (Å²) in [5.41, 5.74) is 0. The van der Waals surface area contributed by atoms with Crippen LogP contribution in [0.1, 0.15) is 32.6 Å². The second-order valence-corrected chi connectivity index (χ2v) is 6.11. The van der Waals surface area contributed by atoms with Crippen molar-refractivity contribution in [2.75, 3.05) is 33.7 Å². The summed E-state index contributed by atoms with van der Waals surface area (Å²) in [6.07, 6.45) is 4.66. The molecule has 2 saturated heterocycles. The van der Waals surface area contributed by atoms with Crippen molar-refractivity contribution in [1.82, 2.24) is 15.1 Å². The minimum atomic E-state index is 0.0700. The number of carbonyl (C=O) groups excluding carboxylic acids is 1. The zero-order chi connectivity index (χ0) is 13.1. The van der Waals surface area contributed by atoms with Gasteiger partial charge < -0.3 is 15.1 Å².